The van der Waals surface area contributed by atoms with E-state index in [-0.39, 0.29) is 25.7 Å². The fourth-order valence-electron chi connectivity index (χ4n) is 1.62. The highest BCUT2D eigenvalue weighted by molar-refractivity contribution is 5.92. The summed E-state index contributed by atoms with van der Waals surface area (Å²) in [6, 6.07) is -3.59. The Kier molecular flexibility index (Phi) is 9.02. The summed E-state index contributed by atoms with van der Waals surface area (Å²) >= 11 is 0. The molecule has 0 bridgehead atoms. The number of carboxylic acid groups (broad SMARTS) is 2. The Morgan fingerprint density at radius 1 is 0.958 bits per heavy atom. The summed E-state index contributed by atoms with van der Waals surface area (Å²) in [4.78, 5) is 56.0. The van der Waals surface area contributed by atoms with Crippen LogP contribution in [0.15, 0.2) is 0 Å². The van der Waals surface area contributed by atoms with Crippen molar-refractivity contribution in [3.63, 3.8) is 0 Å². The number of primary amides is 1. The summed E-state index contributed by atoms with van der Waals surface area (Å²) in [7, 11) is 0. The summed E-state index contributed by atoms with van der Waals surface area (Å²) in [6.45, 7) is 1.23. The summed E-state index contributed by atoms with van der Waals surface area (Å²) in [6.07, 6.45) is -0.839. The lowest BCUT2D eigenvalue weighted by molar-refractivity contribution is -0.141. The van der Waals surface area contributed by atoms with Gasteiger partial charge in [0.1, 0.15) is 12.1 Å². The van der Waals surface area contributed by atoms with Crippen molar-refractivity contribution >= 4 is 29.7 Å². The molecule has 11 heteroatoms. The SMILES string of the molecule is C[C@H](NC(=O)[C@H](CCC(N)=O)NC(=O)[C@@H](N)CCC(=O)O)C(=O)O. The topological polar surface area (TPSA) is 202 Å². The van der Waals surface area contributed by atoms with E-state index in [2.05, 4.69) is 10.6 Å². The van der Waals surface area contributed by atoms with Crippen molar-refractivity contribution < 1.29 is 34.2 Å². The number of nitrogens with two attached hydrogens (primary N) is 2. The Morgan fingerprint density at radius 2 is 1.54 bits per heavy atom. The minimum absolute atomic E-state index is 0.142. The van der Waals surface area contributed by atoms with Crippen LogP contribution in [0.1, 0.15) is 32.6 Å². The first-order chi connectivity index (χ1) is 11.0. The molecule has 11 nitrogen and oxygen atoms in total. The number of hydrogen-bond donors (Lipinski definition) is 6. The standard InChI is InChI=1S/C13H22N4O7/c1-6(13(23)24)16-12(22)8(3-4-9(15)18)17-11(21)7(14)2-5-10(19)20/h6-8H,2-5,14H2,1H3,(H2,15,18)(H,16,22)(H,17,21)(H,19,20)(H,23,24)/t6-,7-,8-/m0/s1. The molecule has 0 aliphatic carbocycles. The van der Waals surface area contributed by atoms with Crippen molar-refractivity contribution in [1.29, 1.82) is 0 Å². The molecule has 8 N–H and O–H groups in total. The Hall–Kier alpha value is -2.69. The normalized spacial score (nSPS) is 14.1. The van der Waals surface area contributed by atoms with E-state index in [1.165, 1.54) is 6.92 Å². The number of carbonyl (C=O) groups is 5. The van der Waals surface area contributed by atoms with Crippen molar-refractivity contribution in [1.82, 2.24) is 10.6 Å². The molecule has 0 aromatic rings. The van der Waals surface area contributed by atoms with Crippen molar-refractivity contribution in [2.24, 2.45) is 11.5 Å². The van der Waals surface area contributed by atoms with Gasteiger partial charge in [0.2, 0.25) is 17.7 Å². The Morgan fingerprint density at radius 3 is 2.00 bits per heavy atom. The van der Waals surface area contributed by atoms with E-state index in [1.54, 1.807) is 0 Å². The molecular formula is C13H22N4O7. The van der Waals surface area contributed by atoms with E-state index < -0.39 is 47.8 Å². The Balaban J connectivity index is 4.83. The van der Waals surface area contributed by atoms with Gasteiger partial charge in [0.05, 0.1) is 6.04 Å². The monoisotopic (exact) mass is 346 g/mol. The van der Waals surface area contributed by atoms with Gasteiger partial charge in [-0.05, 0) is 19.8 Å². The van der Waals surface area contributed by atoms with E-state index in [9.17, 15) is 24.0 Å². The van der Waals surface area contributed by atoms with Crippen LogP contribution in [0.2, 0.25) is 0 Å². The lowest BCUT2D eigenvalue weighted by Gasteiger charge is -2.21. The number of carboxylic acids is 2. The molecule has 0 rings (SSSR count). The van der Waals surface area contributed by atoms with Crippen LogP contribution in [0.3, 0.4) is 0 Å². The van der Waals surface area contributed by atoms with Gasteiger partial charge in [0, 0.05) is 12.8 Å². The van der Waals surface area contributed by atoms with Gasteiger partial charge in [0.15, 0.2) is 0 Å². The molecule has 0 spiro atoms. The van der Waals surface area contributed by atoms with Crippen LogP contribution in [0.4, 0.5) is 0 Å². The van der Waals surface area contributed by atoms with Gasteiger partial charge >= 0.3 is 11.9 Å². The maximum atomic E-state index is 12.0. The fourth-order valence-corrected chi connectivity index (χ4v) is 1.62. The van der Waals surface area contributed by atoms with Crippen molar-refractivity contribution in [3.8, 4) is 0 Å². The molecule has 0 unspecified atom stereocenters. The van der Waals surface area contributed by atoms with Gasteiger partial charge in [-0.1, -0.05) is 0 Å². The molecule has 0 radical (unpaired) electrons. The van der Waals surface area contributed by atoms with Crippen LogP contribution >= 0.6 is 0 Å². The van der Waals surface area contributed by atoms with Gasteiger partial charge in [-0.2, -0.15) is 0 Å². The van der Waals surface area contributed by atoms with Crippen LogP contribution in [0, 0.1) is 0 Å². The molecule has 0 saturated heterocycles. The highest BCUT2D eigenvalue weighted by Gasteiger charge is 2.26. The predicted octanol–water partition coefficient (Wildman–Crippen LogP) is -2.48. The van der Waals surface area contributed by atoms with E-state index in [1.807, 2.05) is 0 Å². The minimum atomic E-state index is -1.28. The van der Waals surface area contributed by atoms with Crippen molar-refractivity contribution in [3.05, 3.63) is 0 Å². The first-order valence-corrected chi connectivity index (χ1v) is 7.13. The zero-order valence-electron chi connectivity index (χ0n) is 13.2. The molecule has 0 aliphatic heterocycles. The summed E-state index contributed by atoms with van der Waals surface area (Å²) in [5.74, 6) is -4.71. The second-order valence-corrected chi connectivity index (χ2v) is 5.17. The number of amides is 3. The summed E-state index contributed by atoms with van der Waals surface area (Å²) in [5, 5.41) is 21.8. The third kappa shape index (κ3) is 8.68. The highest BCUT2D eigenvalue weighted by atomic mass is 16.4. The molecule has 0 aromatic carbocycles. The number of carbonyl (C=O) groups excluding carboxylic acids is 3. The Labute approximate surface area is 137 Å². The van der Waals surface area contributed by atoms with Gasteiger partial charge in [-0.3, -0.25) is 24.0 Å². The maximum Gasteiger partial charge on any atom is 0.325 e. The van der Waals surface area contributed by atoms with E-state index in [4.69, 9.17) is 21.7 Å². The second kappa shape index (κ2) is 10.2. The van der Waals surface area contributed by atoms with Crippen molar-refractivity contribution in [2.75, 3.05) is 0 Å². The average Bonchev–Trinajstić information content (AvgIpc) is 2.47. The third-order valence-corrected chi connectivity index (χ3v) is 3.05. The van der Waals surface area contributed by atoms with E-state index >= 15 is 0 Å². The first-order valence-electron chi connectivity index (χ1n) is 7.13. The molecule has 0 saturated carbocycles. The fraction of sp³-hybridized carbons (Fsp3) is 0.615. The van der Waals surface area contributed by atoms with Crippen molar-refractivity contribution in [2.45, 2.75) is 50.7 Å². The molecule has 0 aromatic heterocycles. The van der Waals surface area contributed by atoms with Crippen LogP contribution in [-0.4, -0.2) is 58.0 Å². The molecule has 0 heterocycles. The van der Waals surface area contributed by atoms with Crippen LogP contribution in [-0.2, 0) is 24.0 Å². The van der Waals surface area contributed by atoms with Crippen LogP contribution < -0.4 is 22.1 Å². The van der Waals surface area contributed by atoms with Gasteiger partial charge in [-0.25, -0.2) is 0 Å². The number of hydrogen-bond acceptors (Lipinski definition) is 6. The minimum Gasteiger partial charge on any atom is -0.481 e. The number of aliphatic carboxylic acids is 2. The lowest BCUT2D eigenvalue weighted by atomic mass is 10.1. The van der Waals surface area contributed by atoms with E-state index in [0.29, 0.717) is 0 Å². The van der Waals surface area contributed by atoms with Gasteiger partial charge < -0.3 is 32.3 Å². The Bertz CT molecular complexity index is 509. The number of nitrogens with one attached hydrogen (secondary N) is 2. The molecule has 3 atom stereocenters. The molecule has 3 amide bonds. The summed E-state index contributed by atoms with van der Waals surface area (Å²) < 4.78 is 0. The molecule has 0 fully saturated rings. The first kappa shape index (κ1) is 21.3. The second-order valence-electron chi connectivity index (χ2n) is 5.17. The maximum absolute atomic E-state index is 12.0. The third-order valence-electron chi connectivity index (χ3n) is 3.05. The van der Waals surface area contributed by atoms with Crippen LogP contribution in [0.5, 0.6) is 0 Å². The lowest BCUT2D eigenvalue weighted by Crippen LogP contribution is -2.54. The smallest absolute Gasteiger partial charge is 0.325 e. The molecular weight excluding hydrogens is 324 g/mol. The molecule has 136 valence electrons. The quantitative estimate of drug-likeness (QED) is 0.236. The largest absolute Gasteiger partial charge is 0.481 e. The predicted molar refractivity (Wildman–Crippen MR) is 80.4 cm³/mol. The molecule has 24 heavy (non-hydrogen) atoms. The van der Waals surface area contributed by atoms with E-state index in [0.717, 1.165) is 0 Å². The zero-order chi connectivity index (χ0) is 18.9. The van der Waals surface area contributed by atoms with Gasteiger partial charge in [0.25, 0.3) is 0 Å². The number of rotatable bonds is 11. The molecule has 0 aliphatic rings. The van der Waals surface area contributed by atoms with Gasteiger partial charge in [-0.15, -0.1) is 0 Å². The average molecular weight is 346 g/mol. The van der Waals surface area contributed by atoms with Crippen LogP contribution in [0.25, 0.3) is 0 Å². The highest BCUT2D eigenvalue weighted by Crippen LogP contribution is 2.02. The zero-order valence-corrected chi connectivity index (χ0v) is 13.2. The summed E-state index contributed by atoms with van der Waals surface area (Å²) in [5.41, 5.74) is 10.5.